The predicted octanol–water partition coefficient (Wildman–Crippen LogP) is 1.52. The lowest BCUT2D eigenvalue weighted by molar-refractivity contribution is 0.183. The molecule has 1 unspecified atom stereocenters. The highest BCUT2D eigenvalue weighted by molar-refractivity contribution is 5.48. The summed E-state index contributed by atoms with van der Waals surface area (Å²) in [5, 5.41) is 3.49. The number of hydrogen-bond donors (Lipinski definition) is 2. The topological polar surface area (TPSA) is 47.3 Å². The standard InChI is InChI=1S/C12H18N2O/c1-10-3-2-4-11(7-10)14-12(8-13)5-6-15-9-12/h2-4,7,14H,5-6,8-9,13H2,1H3. The molecule has 3 heteroatoms. The average molecular weight is 206 g/mol. The average Bonchev–Trinajstić information content (AvgIpc) is 2.67. The molecule has 1 aliphatic rings. The number of anilines is 1. The van der Waals surface area contributed by atoms with Crippen LogP contribution in [0.1, 0.15) is 12.0 Å². The first-order chi connectivity index (χ1) is 7.24. The number of aryl methyl sites for hydroxylation is 1. The molecule has 3 N–H and O–H groups in total. The lowest BCUT2D eigenvalue weighted by Crippen LogP contribution is -2.46. The third-order valence-electron chi connectivity index (χ3n) is 2.92. The predicted molar refractivity (Wildman–Crippen MR) is 62.0 cm³/mol. The van der Waals surface area contributed by atoms with E-state index in [9.17, 15) is 0 Å². The van der Waals surface area contributed by atoms with E-state index in [0.29, 0.717) is 13.2 Å². The fourth-order valence-corrected chi connectivity index (χ4v) is 1.95. The fourth-order valence-electron chi connectivity index (χ4n) is 1.95. The molecule has 0 spiro atoms. The first kappa shape index (κ1) is 10.5. The van der Waals surface area contributed by atoms with Gasteiger partial charge in [-0.3, -0.25) is 0 Å². The molecule has 3 nitrogen and oxygen atoms in total. The highest BCUT2D eigenvalue weighted by Gasteiger charge is 2.33. The summed E-state index contributed by atoms with van der Waals surface area (Å²) in [4.78, 5) is 0. The molecule has 0 bridgehead atoms. The van der Waals surface area contributed by atoms with Crippen molar-refractivity contribution in [1.29, 1.82) is 0 Å². The van der Waals surface area contributed by atoms with E-state index in [2.05, 4.69) is 36.5 Å². The van der Waals surface area contributed by atoms with Gasteiger partial charge in [0.25, 0.3) is 0 Å². The van der Waals surface area contributed by atoms with Gasteiger partial charge < -0.3 is 15.8 Å². The monoisotopic (exact) mass is 206 g/mol. The number of hydrogen-bond acceptors (Lipinski definition) is 3. The van der Waals surface area contributed by atoms with Crippen LogP contribution in [0.15, 0.2) is 24.3 Å². The zero-order chi connectivity index (χ0) is 10.7. The van der Waals surface area contributed by atoms with Crippen LogP contribution in [0.25, 0.3) is 0 Å². The Labute approximate surface area is 90.6 Å². The van der Waals surface area contributed by atoms with Crippen molar-refractivity contribution in [2.24, 2.45) is 5.73 Å². The number of benzene rings is 1. The van der Waals surface area contributed by atoms with Crippen LogP contribution in [0.2, 0.25) is 0 Å². The Morgan fingerprint density at radius 2 is 2.40 bits per heavy atom. The minimum Gasteiger partial charge on any atom is -0.379 e. The molecule has 82 valence electrons. The SMILES string of the molecule is Cc1cccc(NC2(CN)CCOC2)c1. The van der Waals surface area contributed by atoms with Gasteiger partial charge in [-0.2, -0.15) is 0 Å². The van der Waals surface area contributed by atoms with Crippen molar-refractivity contribution in [3.8, 4) is 0 Å². The molecular formula is C12H18N2O. The third kappa shape index (κ3) is 2.30. The molecule has 1 atom stereocenters. The summed E-state index contributed by atoms with van der Waals surface area (Å²) in [5.74, 6) is 0. The van der Waals surface area contributed by atoms with E-state index < -0.39 is 0 Å². The summed E-state index contributed by atoms with van der Waals surface area (Å²) in [6, 6.07) is 8.35. The second kappa shape index (κ2) is 4.21. The van der Waals surface area contributed by atoms with Crippen LogP contribution in [0, 0.1) is 6.92 Å². The van der Waals surface area contributed by atoms with Gasteiger partial charge in [-0.25, -0.2) is 0 Å². The smallest absolute Gasteiger partial charge is 0.0750 e. The molecule has 0 radical (unpaired) electrons. The summed E-state index contributed by atoms with van der Waals surface area (Å²) < 4.78 is 5.41. The van der Waals surface area contributed by atoms with E-state index in [1.54, 1.807) is 0 Å². The summed E-state index contributed by atoms with van der Waals surface area (Å²) in [5.41, 5.74) is 8.14. The van der Waals surface area contributed by atoms with E-state index in [1.807, 2.05) is 0 Å². The summed E-state index contributed by atoms with van der Waals surface area (Å²) in [6.07, 6.45) is 0.984. The van der Waals surface area contributed by atoms with Crippen molar-refractivity contribution in [3.63, 3.8) is 0 Å². The first-order valence-electron chi connectivity index (χ1n) is 5.37. The number of nitrogens with two attached hydrogens (primary N) is 1. The van der Waals surface area contributed by atoms with Crippen LogP contribution in [-0.4, -0.2) is 25.3 Å². The lowest BCUT2D eigenvalue weighted by atomic mass is 9.98. The Balaban J connectivity index is 2.12. The minimum atomic E-state index is -0.0617. The van der Waals surface area contributed by atoms with E-state index in [0.717, 1.165) is 18.7 Å². The zero-order valence-corrected chi connectivity index (χ0v) is 9.12. The van der Waals surface area contributed by atoms with Gasteiger partial charge >= 0.3 is 0 Å². The highest BCUT2D eigenvalue weighted by atomic mass is 16.5. The van der Waals surface area contributed by atoms with Crippen LogP contribution in [0.4, 0.5) is 5.69 Å². The van der Waals surface area contributed by atoms with Gasteiger partial charge in [-0.05, 0) is 31.0 Å². The fraction of sp³-hybridized carbons (Fsp3) is 0.500. The number of nitrogens with one attached hydrogen (secondary N) is 1. The quantitative estimate of drug-likeness (QED) is 0.788. The Hall–Kier alpha value is -1.06. The number of rotatable bonds is 3. The number of ether oxygens (including phenoxy) is 1. The van der Waals surface area contributed by atoms with Crippen LogP contribution in [0.5, 0.6) is 0 Å². The van der Waals surface area contributed by atoms with Crippen molar-refractivity contribution >= 4 is 5.69 Å². The molecule has 1 fully saturated rings. The summed E-state index contributed by atoms with van der Waals surface area (Å²) in [7, 11) is 0. The van der Waals surface area contributed by atoms with Gasteiger partial charge in [-0.15, -0.1) is 0 Å². The molecule has 1 aromatic rings. The Kier molecular flexibility index (Phi) is 2.93. The van der Waals surface area contributed by atoms with Gasteiger partial charge in [0, 0.05) is 18.8 Å². The maximum atomic E-state index is 5.81. The second-order valence-electron chi connectivity index (χ2n) is 4.28. The molecule has 0 saturated carbocycles. The molecule has 1 saturated heterocycles. The van der Waals surface area contributed by atoms with Crippen LogP contribution >= 0.6 is 0 Å². The first-order valence-corrected chi connectivity index (χ1v) is 5.37. The van der Waals surface area contributed by atoms with Crippen molar-refractivity contribution < 1.29 is 4.74 Å². The molecule has 15 heavy (non-hydrogen) atoms. The summed E-state index contributed by atoms with van der Waals surface area (Å²) in [6.45, 7) is 4.21. The Bertz CT molecular complexity index is 332. The van der Waals surface area contributed by atoms with E-state index >= 15 is 0 Å². The molecule has 0 amide bonds. The van der Waals surface area contributed by atoms with Gasteiger partial charge in [-0.1, -0.05) is 12.1 Å². The molecule has 2 rings (SSSR count). The van der Waals surface area contributed by atoms with E-state index in [-0.39, 0.29) is 5.54 Å². The third-order valence-corrected chi connectivity index (χ3v) is 2.92. The van der Waals surface area contributed by atoms with Crippen LogP contribution in [-0.2, 0) is 4.74 Å². The Morgan fingerprint density at radius 3 is 3.00 bits per heavy atom. The molecule has 1 heterocycles. The highest BCUT2D eigenvalue weighted by Crippen LogP contribution is 2.23. The van der Waals surface area contributed by atoms with E-state index in [1.165, 1.54) is 5.56 Å². The van der Waals surface area contributed by atoms with Gasteiger partial charge in [0.05, 0.1) is 12.1 Å². The maximum Gasteiger partial charge on any atom is 0.0750 e. The summed E-state index contributed by atoms with van der Waals surface area (Å²) >= 11 is 0. The van der Waals surface area contributed by atoms with Crippen molar-refractivity contribution in [3.05, 3.63) is 29.8 Å². The zero-order valence-electron chi connectivity index (χ0n) is 9.12. The van der Waals surface area contributed by atoms with Gasteiger partial charge in [0.1, 0.15) is 0 Å². The normalized spacial score (nSPS) is 25.5. The molecule has 1 aromatic carbocycles. The molecule has 0 aromatic heterocycles. The largest absolute Gasteiger partial charge is 0.379 e. The second-order valence-corrected chi connectivity index (χ2v) is 4.28. The maximum absolute atomic E-state index is 5.81. The van der Waals surface area contributed by atoms with Crippen molar-refractivity contribution in [2.45, 2.75) is 18.9 Å². The lowest BCUT2D eigenvalue weighted by Gasteiger charge is -2.28. The molecule has 0 aliphatic carbocycles. The van der Waals surface area contributed by atoms with Crippen molar-refractivity contribution in [2.75, 3.05) is 25.1 Å². The minimum absolute atomic E-state index is 0.0617. The molecule has 1 aliphatic heterocycles. The van der Waals surface area contributed by atoms with Crippen LogP contribution in [0.3, 0.4) is 0 Å². The van der Waals surface area contributed by atoms with Gasteiger partial charge in [0.15, 0.2) is 0 Å². The van der Waals surface area contributed by atoms with E-state index in [4.69, 9.17) is 10.5 Å². The van der Waals surface area contributed by atoms with Gasteiger partial charge in [0.2, 0.25) is 0 Å². The Morgan fingerprint density at radius 1 is 1.53 bits per heavy atom. The van der Waals surface area contributed by atoms with Crippen molar-refractivity contribution in [1.82, 2.24) is 0 Å². The van der Waals surface area contributed by atoms with Crippen LogP contribution < -0.4 is 11.1 Å². The molecular weight excluding hydrogens is 188 g/mol.